The van der Waals surface area contributed by atoms with E-state index in [1.165, 1.54) is 5.56 Å². The monoisotopic (exact) mass is 344 g/mol. The van der Waals surface area contributed by atoms with Gasteiger partial charge >= 0.3 is 0 Å². The highest BCUT2D eigenvalue weighted by molar-refractivity contribution is 6.30. The van der Waals surface area contributed by atoms with E-state index < -0.39 is 0 Å². The largest absolute Gasteiger partial charge is 0.478 e. The van der Waals surface area contributed by atoms with Crippen molar-refractivity contribution in [2.24, 2.45) is 0 Å². The molecule has 1 saturated heterocycles. The van der Waals surface area contributed by atoms with E-state index in [9.17, 15) is 4.79 Å². The molecule has 1 aliphatic rings. The Bertz CT molecular complexity index is 703. The fraction of sp³-hybridized carbons (Fsp3) is 0.368. The molecule has 4 nitrogen and oxygen atoms in total. The predicted octanol–water partition coefficient (Wildman–Crippen LogP) is 4.15. The summed E-state index contributed by atoms with van der Waals surface area (Å²) in [6.45, 7) is 3.95. The van der Waals surface area contributed by atoms with Crippen molar-refractivity contribution in [3.8, 4) is 5.88 Å². The number of carbonyl (C=O) groups excluding carboxylic acids is 1. The number of likely N-dealkylation sites (tertiary alicyclic amines) is 1. The van der Waals surface area contributed by atoms with Crippen LogP contribution < -0.4 is 4.74 Å². The molecule has 0 bridgehead atoms. The Hall–Kier alpha value is -2.07. The van der Waals surface area contributed by atoms with E-state index in [1.54, 1.807) is 18.3 Å². The van der Waals surface area contributed by atoms with Crippen LogP contribution in [0.4, 0.5) is 0 Å². The Morgan fingerprint density at radius 2 is 2.12 bits per heavy atom. The number of carbonyl (C=O) groups is 1. The van der Waals surface area contributed by atoms with Crippen LogP contribution in [0.1, 0.15) is 41.6 Å². The zero-order valence-corrected chi connectivity index (χ0v) is 14.5. The lowest BCUT2D eigenvalue weighted by atomic mass is 9.90. The molecule has 24 heavy (non-hydrogen) atoms. The molecule has 1 aromatic carbocycles. The van der Waals surface area contributed by atoms with Crippen molar-refractivity contribution >= 4 is 17.5 Å². The van der Waals surface area contributed by atoms with Crippen LogP contribution in [-0.4, -0.2) is 35.5 Å². The van der Waals surface area contributed by atoms with Crippen LogP contribution in [0.5, 0.6) is 5.88 Å². The van der Waals surface area contributed by atoms with Crippen molar-refractivity contribution in [1.29, 1.82) is 0 Å². The molecule has 0 aliphatic carbocycles. The quantitative estimate of drug-likeness (QED) is 0.836. The van der Waals surface area contributed by atoms with Crippen LogP contribution in [0.3, 0.4) is 0 Å². The van der Waals surface area contributed by atoms with E-state index in [0.717, 1.165) is 31.0 Å². The standard InChI is InChI=1S/C19H21ClN2O2/c1-2-24-18-12-15(9-10-21-18)19(23)22-11-3-4-16(13-22)14-5-7-17(20)8-6-14/h5-10,12,16H,2-4,11,13H2,1H3/t16-/m1/s1. The Morgan fingerprint density at radius 1 is 1.33 bits per heavy atom. The number of piperidine rings is 1. The third-order valence-corrected chi connectivity index (χ3v) is 4.58. The molecule has 0 radical (unpaired) electrons. The molecule has 1 aromatic heterocycles. The second-order valence-corrected chi connectivity index (χ2v) is 6.39. The predicted molar refractivity (Wildman–Crippen MR) is 94.7 cm³/mol. The number of benzene rings is 1. The smallest absolute Gasteiger partial charge is 0.254 e. The van der Waals surface area contributed by atoms with E-state index in [2.05, 4.69) is 17.1 Å². The first kappa shape index (κ1) is 16.8. The van der Waals surface area contributed by atoms with Crippen molar-refractivity contribution in [3.05, 3.63) is 58.7 Å². The summed E-state index contributed by atoms with van der Waals surface area (Å²) in [5, 5.41) is 0.739. The molecule has 0 unspecified atom stereocenters. The summed E-state index contributed by atoms with van der Waals surface area (Å²) in [6, 6.07) is 11.4. The molecule has 126 valence electrons. The Balaban J connectivity index is 1.73. The number of halogens is 1. The summed E-state index contributed by atoms with van der Waals surface area (Å²) in [5.74, 6) is 0.889. The maximum Gasteiger partial charge on any atom is 0.254 e. The van der Waals surface area contributed by atoms with E-state index in [-0.39, 0.29) is 5.91 Å². The molecule has 2 heterocycles. The maximum absolute atomic E-state index is 12.8. The Morgan fingerprint density at radius 3 is 2.88 bits per heavy atom. The fourth-order valence-electron chi connectivity index (χ4n) is 3.12. The second-order valence-electron chi connectivity index (χ2n) is 5.96. The molecule has 2 aromatic rings. The fourth-order valence-corrected chi connectivity index (χ4v) is 3.25. The van der Waals surface area contributed by atoms with Crippen LogP contribution in [0, 0.1) is 0 Å². The first-order valence-electron chi connectivity index (χ1n) is 8.31. The van der Waals surface area contributed by atoms with Gasteiger partial charge in [0.2, 0.25) is 5.88 Å². The number of amides is 1. The summed E-state index contributed by atoms with van der Waals surface area (Å²) >= 11 is 5.97. The molecule has 3 rings (SSSR count). The maximum atomic E-state index is 12.8. The topological polar surface area (TPSA) is 42.4 Å². The molecule has 1 amide bonds. The second kappa shape index (κ2) is 7.67. The van der Waals surface area contributed by atoms with Crippen LogP contribution in [-0.2, 0) is 0 Å². The molecular formula is C19H21ClN2O2. The van der Waals surface area contributed by atoms with Crippen molar-refractivity contribution in [3.63, 3.8) is 0 Å². The van der Waals surface area contributed by atoms with Gasteiger partial charge < -0.3 is 9.64 Å². The molecule has 5 heteroatoms. The van der Waals surface area contributed by atoms with E-state index in [0.29, 0.717) is 24.0 Å². The van der Waals surface area contributed by atoms with Gasteiger partial charge in [-0.1, -0.05) is 23.7 Å². The zero-order valence-electron chi connectivity index (χ0n) is 13.7. The SMILES string of the molecule is CCOc1cc(C(=O)N2CCC[C@@H](c3ccc(Cl)cc3)C2)ccn1. The average Bonchev–Trinajstić information content (AvgIpc) is 2.62. The van der Waals surface area contributed by atoms with E-state index in [1.807, 2.05) is 24.0 Å². The summed E-state index contributed by atoms with van der Waals surface area (Å²) in [6.07, 6.45) is 3.72. The van der Waals surface area contributed by atoms with Crippen molar-refractivity contribution < 1.29 is 9.53 Å². The summed E-state index contributed by atoms with van der Waals surface area (Å²) in [4.78, 5) is 18.9. The van der Waals surface area contributed by atoms with Gasteiger partial charge in [0.25, 0.3) is 5.91 Å². The third kappa shape index (κ3) is 3.88. The van der Waals surface area contributed by atoms with Crippen molar-refractivity contribution in [1.82, 2.24) is 9.88 Å². The molecule has 1 aliphatic heterocycles. The molecule has 0 N–H and O–H groups in total. The summed E-state index contributed by atoms with van der Waals surface area (Å²) in [5.41, 5.74) is 1.87. The number of hydrogen-bond donors (Lipinski definition) is 0. The number of nitrogens with zero attached hydrogens (tertiary/aromatic N) is 2. The number of pyridine rings is 1. The lowest BCUT2D eigenvalue weighted by Gasteiger charge is -2.33. The zero-order chi connectivity index (χ0) is 16.9. The van der Waals surface area contributed by atoms with E-state index >= 15 is 0 Å². The van der Waals surface area contributed by atoms with Gasteiger partial charge in [-0.15, -0.1) is 0 Å². The molecular weight excluding hydrogens is 324 g/mol. The van der Waals surface area contributed by atoms with Gasteiger partial charge in [-0.3, -0.25) is 4.79 Å². The van der Waals surface area contributed by atoms with Crippen LogP contribution in [0.25, 0.3) is 0 Å². The first-order chi connectivity index (χ1) is 11.7. The highest BCUT2D eigenvalue weighted by atomic mass is 35.5. The normalized spacial score (nSPS) is 17.6. The minimum atomic E-state index is 0.0389. The number of rotatable bonds is 4. The van der Waals surface area contributed by atoms with Gasteiger partial charge in [-0.2, -0.15) is 0 Å². The Labute approximate surface area is 147 Å². The summed E-state index contributed by atoms with van der Waals surface area (Å²) in [7, 11) is 0. The molecule has 1 atom stereocenters. The Kier molecular flexibility index (Phi) is 5.36. The van der Waals surface area contributed by atoms with Crippen molar-refractivity contribution in [2.45, 2.75) is 25.7 Å². The first-order valence-corrected chi connectivity index (χ1v) is 8.68. The number of hydrogen-bond acceptors (Lipinski definition) is 3. The van der Waals surface area contributed by atoms with Crippen molar-refractivity contribution in [2.75, 3.05) is 19.7 Å². The lowest BCUT2D eigenvalue weighted by molar-refractivity contribution is 0.0706. The average molecular weight is 345 g/mol. The van der Waals surface area contributed by atoms with Gasteiger partial charge in [-0.25, -0.2) is 4.98 Å². The van der Waals surface area contributed by atoms with Gasteiger partial charge in [0, 0.05) is 41.9 Å². The van der Waals surface area contributed by atoms with Gasteiger partial charge in [0.1, 0.15) is 0 Å². The van der Waals surface area contributed by atoms with Crippen LogP contribution in [0.15, 0.2) is 42.6 Å². The number of ether oxygens (including phenoxy) is 1. The van der Waals surface area contributed by atoms with Gasteiger partial charge in [-0.05, 0) is 43.5 Å². The minimum absolute atomic E-state index is 0.0389. The van der Waals surface area contributed by atoms with Gasteiger partial charge in [0.05, 0.1) is 6.61 Å². The molecule has 0 spiro atoms. The van der Waals surface area contributed by atoms with Crippen LogP contribution in [0.2, 0.25) is 5.02 Å². The van der Waals surface area contributed by atoms with E-state index in [4.69, 9.17) is 16.3 Å². The highest BCUT2D eigenvalue weighted by Crippen LogP contribution is 2.28. The number of aromatic nitrogens is 1. The molecule has 1 fully saturated rings. The molecule has 0 saturated carbocycles. The minimum Gasteiger partial charge on any atom is -0.478 e. The highest BCUT2D eigenvalue weighted by Gasteiger charge is 2.25. The van der Waals surface area contributed by atoms with Gasteiger partial charge in [0.15, 0.2) is 0 Å². The lowest BCUT2D eigenvalue weighted by Crippen LogP contribution is -2.39. The summed E-state index contributed by atoms with van der Waals surface area (Å²) < 4.78 is 5.39. The third-order valence-electron chi connectivity index (χ3n) is 4.32. The van der Waals surface area contributed by atoms with Crippen LogP contribution >= 0.6 is 11.6 Å².